The number of hydrogen-bond acceptors (Lipinski definition) is 14. The molecule has 4 rings (SSSR count). The number of nitrogens with zero attached hydrogens (tertiary/aromatic N) is 4. The number of aromatic nitrogens is 4. The molecule has 0 unspecified atom stereocenters. The summed E-state index contributed by atoms with van der Waals surface area (Å²) in [4.78, 5) is 16.2. The van der Waals surface area contributed by atoms with E-state index in [0.29, 0.717) is 72.2 Å². The lowest BCUT2D eigenvalue weighted by molar-refractivity contribution is 0.262. The number of hydrogen-bond donors (Lipinski definition) is 4. The van der Waals surface area contributed by atoms with Crippen molar-refractivity contribution in [2.45, 2.75) is 51.4 Å². The molecule has 48 heavy (non-hydrogen) atoms. The molecule has 2 aromatic heterocycles. The molecular weight excluding hydrogens is 616 g/mol. The van der Waals surface area contributed by atoms with Crippen LogP contribution in [0.1, 0.15) is 60.8 Å². The Morgan fingerprint density at radius 3 is 1.15 bits per heavy atom. The van der Waals surface area contributed by atoms with Crippen LogP contribution in [0.4, 0.5) is 23.5 Å². The Labute approximate surface area is 281 Å². The predicted octanol–water partition coefficient (Wildman–Crippen LogP) is 4.61. The Balaban J connectivity index is 1.19. The summed E-state index contributed by atoms with van der Waals surface area (Å²) >= 11 is 0. The van der Waals surface area contributed by atoms with Crippen molar-refractivity contribution in [1.82, 2.24) is 19.9 Å². The number of nitrogens with two attached hydrogens (primary N) is 4. The molecule has 0 fully saturated rings. The Kier molecular flexibility index (Phi) is 12.9. The fraction of sp³-hybridized carbons (Fsp3) is 0.412. The van der Waals surface area contributed by atoms with Crippen LogP contribution in [0.3, 0.4) is 0 Å². The van der Waals surface area contributed by atoms with Crippen molar-refractivity contribution in [3.63, 3.8) is 0 Å². The van der Waals surface area contributed by atoms with Crippen LogP contribution < -0.4 is 51.4 Å². The molecule has 2 aromatic carbocycles. The zero-order valence-corrected chi connectivity index (χ0v) is 28.1. The quantitative estimate of drug-likeness (QED) is 0.101. The van der Waals surface area contributed by atoms with E-state index in [4.69, 9.17) is 51.4 Å². The minimum Gasteiger partial charge on any atom is -0.493 e. The molecule has 4 aromatic rings. The number of rotatable bonds is 19. The van der Waals surface area contributed by atoms with Gasteiger partial charge in [0.2, 0.25) is 23.4 Å². The summed E-state index contributed by atoms with van der Waals surface area (Å²) in [5.41, 5.74) is 26.6. The minimum absolute atomic E-state index is 0.138. The van der Waals surface area contributed by atoms with Crippen molar-refractivity contribution in [3.8, 4) is 34.5 Å². The number of ether oxygens (including phenoxy) is 6. The second kappa shape index (κ2) is 17.5. The summed E-state index contributed by atoms with van der Waals surface area (Å²) in [6.45, 7) is 1.09. The number of methoxy groups -OCH3 is 4. The van der Waals surface area contributed by atoms with Crippen LogP contribution in [0.2, 0.25) is 0 Å². The number of benzene rings is 2. The first kappa shape index (κ1) is 35.5. The van der Waals surface area contributed by atoms with Crippen LogP contribution >= 0.6 is 0 Å². The highest BCUT2D eigenvalue weighted by Crippen LogP contribution is 2.40. The molecule has 0 aliphatic carbocycles. The van der Waals surface area contributed by atoms with E-state index in [1.807, 2.05) is 24.3 Å². The van der Waals surface area contributed by atoms with E-state index < -0.39 is 0 Å². The molecule has 2 heterocycles. The Bertz CT molecular complexity index is 1480. The van der Waals surface area contributed by atoms with Gasteiger partial charge in [-0.3, -0.25) is 0 Å². The molecule has 0 bridgehead atoms. The van der Waals surface area contributed by atoms with E-state index in [1.54, 1.807) is 40.8 Å². The summed E-state index contributed by atoms with van der Waals surface area (Å²) < 4.78 is 34.7. The first-order valence-corrected chi connectivity index (χ1v) is 15.7. The minimum atomic E-state index is 0.138. The summed E-state index contributed by atoms with van der Waals surface area (Å²) in [5, 5.41) is 0. The first-order chi connectivity index (χ1) is 23.3. The van der Waals surface area contributed by atoms with Crippen LogP contribution in [0.15, 0.2) is 36.7 Å². The monoisotopic (exact) mass is 662 g/mol. The molecule has 0 amide bonds. The number of anilines is 4. The van der Waals surface area contributed by atoms with E-state index in [1.165, 1.54) is 0 Å². The molecular formula is C34H46N8O6. The highest BCUT2D eigenvalue weighted by Gasteiger charge is 2.17. The third kappa shape index (κ3) is 9.56. The molecule has 0 saturated carbocycles. The van der Waals surface area contributed by atoms with Crippen molar-refractivity contribution in [2.24, 2.45) is 0 Å². The van der Waals surface area contributed by atoms with Gasteiger partial charge in [0, 0.05) is 36.4 Å². The fourth-order valence-corrected chi connectivity index (χ4v) is 5.20. The van der Waals surface area contributed by atoms with Crippen LogP contribution in [0.5, 0.6) is 34.5 Å². The van der Waals surface area contributed by atoms with E-state index in [-0.39, 0.29) is 11.9 Å². The second-order valence-corrected chi connectivity index (χ2v) is 11.1. The molecule has 0 aliphatic heterocycles. The molecule has 8 N–H and O–H groups in total. The highest BCUT2D eigenvalue weighted by molar-refractivity contribution is 5.57. The molecule has 14 nitrogen and oxygen atoms in total. The van der Waals surface area contributed by atoms with Gasteiger partial charge < -0.3 is 51.4 Å². The normalized spacial score (nSPS) is 10.8. The SMILES string of the molecule is COc1cc(Cc2cnc(N)nc2N)cc(OC)c1OCCCCCCCCOc1c(OC)cc(Cc2cnc(N)nc2N)cc1OC. The lowest BCUT2D eigenvalue weighted by atomic mass is 10.1. The van der Waals surface area contributed by atoms with Gasteiger partial charge in [-0.2, -0.15) is 9.97 Å². The summed E-state index contributed by atoms with van der Waals surface area (Å²) in [5.74, 6) is 4.45. The topological polar surface area (TPSA) is 211 Å². The van der Waals surface area contributed by atoms with Crippen LogP contribution in [-0.4, -0.2) is 61.6 Å². The smallest absolute Gasteiger partial charge is 0.221 e. The molecule has 0 radical (unpaired) electrons. The Morgan fingerprint density at radius 2 is 0.833 bits per heavy atom. The van der Waals surface area contributed by atoms with Crippen LogP contribution in [0.25, 0.3) is 0 Å². The third-order valence-electron chi connectivity index (χ3n) is 7.69. The van der Waals surface area contributed by atoms with Gasteiger partial charge in [0.25, 0.3) is 0 Å². The summed E-state index contributed by atoms with van der Waals surface area (Å²) in [6, 6.07) is 7.62. The van der Waals surface area contributed by atoms with Crippen molar-refractivity contribution in [3.05, 3.63) is 58.9 Å². The number of nitrogen functional groups attached to an aromatic ring is 4. The maximum Gasteiger partial charge on any atom is 0.221 e. The summed E-state index contributed by atoms with van der Waals surface area (Å²) in [6.07, 6.45) is 10.3. The van der Waals surface area contributed by atoms with Gasteiger partial charge in [-0.05, 0) is 48.2 Å². The van der Waals surface area contributed by atoms with Crippen molar-refractivity contribution in [2.75, 3.05) is 64.6 Å². The standard InChI is InChI=1S/C34H46N8O6/c1-43-25-15-21(13-23-19-39-33(37)41-31(23)35)16-26(44-2)29(25)47-11-9-7-5-6-8-10-12-48-30-27(45-3)17-22(18-28(30)46-4)14-24-20-40-34(38)42-32(24)36/h15-20H,5-14H2,1-4H3,(H4,35,37,39,41)(H4,36,38,40,42). The van der Waals surface area contributed by atoms with E-state index >= 15 is 0 Å². The Morgan fingerprint density at radius 1 is 0.500 bits per heavy atom. The second-order valence-electron chi connectivity index (χ2n) is 11.1. The average Bonchev–Trinajstić information content (AvgIpc) is 3.08. The van der Waals surface area contributed by atoms with Crippen molar-refractivity contribution in [1.29, 1.82) is 0 Å². The number of unbranched alkanes of at least 4 members (excludes halogenated alkanes) is 5. The largest absolute Gasteiger partial charge is 0.493 e. The molecule has 0 atom stereocenters. The van der Waals surface area contributed by atoms with E-state index in [2.05, 4.69) is 19.9 Å². The van der Waals surface area contributed by atoms with Crippen molar-refractivity contribution < 1.29 is 28.4 Å². The van der Waals surface area contributed by atoms with Gasteiger partial charge in [-0.15, -0.1) is 0 Å². The molecule has 0 saturated heterocycles. The maximum atomic E-state index is 6.11. The maximum absolute atomic E-state index is 6.11. The lowest BCUT2D eigenvalue weighted by Crippen LogP contribution is -2.05. The van der Waals surface area contributed by atoms with Gasteiger partial charge in [0.15, 0.2) is 23.0 Å². The molecule has 14 heteroatoms. The van der Waals surface area contributed by atoms with Crippen molar-refractivity contribution >= 4 is 23.5 Å². The predicted molar refractivity (Wildman–Crippen MR) is 185 cm³/mol. The van der Waals surface area contributed by atoms with Crippen LogP contribution in [0, 0.1) is 0 Å². The third-order valence-corrected chi connectivity index (χ3v) is 7.69. The molecule has 0 aliphatic rings. The fourth-order valence-electron chi connectivity index (χ4n) is 5.20. The zero-order chi connectivity index (χ0) is 34.5. The van der Waals surface area contributed by atoms with Gasteiger partial charge in [-0.25, -0.2) is 9.97 Å². The average molecular weight is 663 g/mol. The molecule has 0 spiro atoms. The Hall–Kier alpha value is -5.40. The van der Waals surface area contributed by atoms with E-state index in [0.717, 1.165) is 60.8 Å². The lowest BCUT2D eigenvalue weighted by Gasteiger charge is -2.17. The highest BCUT2D eigenvalue weighted by atomic mass is 16.5. The van der Waals surface area contributed by atoms with Gasteiger partial charge in [-0.1, -0.05) is 25.7 Å². The van der Waals surface area contributed by atoms with Gasteiger partial charge >= 0.3 is 0 Å². The zero-order valence-electron chi connectivity index (χ0n) is 28.1. The first-order valence-electron chi connectivity index (χ1n) is 15.7. The van der Waals surface area contributed by atoms with E-state index in [9.17, 15) is 0 Å². The van der Waals surface area contributed by atoms with Crippen LogP contribution in [-0.2, 0) is 12.8 Å². The van der Waals surface area contributed by atoms with Gasteiger partial charge in [0.05, 0.1) is 41.7 Å². The van der Waals surface area contributed by atoms with Gasteiger partial charge in [0.1, 0.15) is 11.6 Å². The summed E-state index contributed by atoms with van der Waals surface area (Å²) in [7, 11) is 6.42. The molecule has 258 valence electrons.